The molecule has 5 nitrogen and oxygen atoms in total. The molecule has 1 N–H and O–H groups in total. The number of pyridine rings is 1. The maximum Gasteiger partial charge on any atom is 0.223 e. The molecule has 0 amide bonds. The zero-order chi connectivity index (χ0) is 15.9. The topological polar surface area (TPSA) is 76.2 Å². The second-order valence-corrected chi connectivity index (χ2v) is 7.07. The molecule has 0 spiro atoms. The van der Waals surface area contributed by atoms with Crippen molar-refractivity contribution in [1.29, 1.82) is 0 Å². The molecule has 1 atom stereocenters. The predicted molar refractivity (Wildman–Crippen MR) is 88.2 cm³/mol. The number of ether oxygens (including phenoxy) is 1. The van der Waals surface area contributed by atoms with Crippen molar-refractivity contribution in [3.8, 4) is 5.75 Å². The van der Waals surface area contributed by atoms with Gasteiger partial charge in [-0.1, -0.05) is 13.0 Å². The first kappa shape index (κ1) is 16.6. The number of aromatic nitrogens is 1. The van der Waals surface area contributed by atoms with E-state index < -0.39 is 10.8 Å². The molecule has 0 aliphatic rings. The molecular formula is C15H17NO4S2. The molecule has 22 heavy (non-hydrogen) atoms. The molecule has 0 bridgehead atoms. The molecule has 0 saturated carbocycles. The SMILES string of the molecule is CCCOc1c[nH]c(CS(=O)CC(=O)c2cccs2)cc1=O. The summed E-state index contributed by atoms with van der Waals surface area (Å²) < 4.78 is 17.3. The molecule has 0 saturated heterocycles. The van der Waals surface area contributed by atoms with Crippen molar-refractivity contribution < 1.29 is 13.7 Å². The molecule has 2 heterocycles. The van der Waals surface area contributed by atoms with Gasteiger partial charge in [0.1, 0.15) is 0 Å². The van der Waals surface area contributed by atoms with Gasteiger partial charge < -0.3 is 9.72 Å². The fourth-order valence-corrected chi connectivity index (χ4v) is 3.61. The van der Waals surface area contributed by atoms with Crippen molar-refractivity contribution in [3.05, 3.63) is 50.6 Å². The van der Waals surface area contributed by atoms with Gasteiger partial charge >= 0.3 is 0 Å². The van der Waals surface area contributed by atoms with Gasteiger partial charge in [0, 0.05) is 28.8 Å². The number of thiophene rings is 1. The van der Waals surface area contributed by atoms with Gasteiger partial charge in [-0.15, -0.1) is 11.3 Å². The van der Waals surface area contributed by atoms with Gasteiger partial charge in [0.2, 0.25) is 5.43 Å². The van der Waals surface area contributed by atoms with Crippen LogP contribution in [-0.4, -0.2) is 27.3 Å². The van der Waals surface area contributed by atoms with Gasteiger partial charge in [0.25, 0.3) is 0 Å². The molecule has 0 fully saturated rings. The molecule has 0 aliphatic carbocycles. The molecule has 7 heteroatoms. The maximum atomic E-state index is 12.0. The van der Waals surface area contributed by atoms with Crippen LogP contribution in [0.1, 0.15) is 28.7 Å². The minimum absolute atomic E-state index is 0.0450. The van der Waals surface area contributed by atoms with E-state index in [0.29, 0.717) is 17.2 Å². The molecule has 1 unspecified atom stereocenters. The zero-order valence-corrected chi connectivity index (χ0v) is 13.8. The van der Waals surface area contributed by atoms with Crippen LogP contribution in [0.3, 0.4) is 0 Å². The Balaban J connectivity index is 1.95. The molecule has 0 radical (unpaired) electrons. The van der Waals surface area contributed by atoms with Crippen LogP contribution in [0.2, 0.25) is 0 Å². The second-order valence-electron chi connectivity index (χ2n) is 4.66. The number of ketones is 1. The van der Waals surface area contributed by atoms with Gasteiger partial charge in [-0.3, -0.25) is 13.8 Å². The summed E-state index contributed by atoms with van der Waals surface area (Å²) in [4.78, 5) is 27.2. The fourth-order valence-electron chi connectivity index (χ4n) is 1.79. The van der Waals surface area contributed by atoms with Gasteiger partial charge in [0.15, 0.2) is 11.5 Å². The highest BCUT2D eigenvalue weighted by Crippen LogP contribution is 2.11. The van der Waals surface area contributed by atoms with Crippen molar-refractivity contribution in [2.45, 2.75) is 19.1 Å². The molecule has 0 aliphatic heterocycles. The second kappa shape index (κ2) is 8.05. The van der Waals surface area contributed by atoms with E-state index in [2.05, 4.69) is 4.98 Å². The number of aromatic amines is 1. The van der Waals surface area contributed by atoms with Crippen LogP contribution in [0.4, 0.5) is 0 Å². The number of hydrogen-bond donors (Lipinski definition) is 1. The Hall–Kier alpha value is -1.73. The average molecular weight is 339 g/mol. The summed E-state index contributed by atoms with van der Waals surface area (Å²) in [7, 11) is -1.36. The fraction of sp³-hybridized carbons (Fsp3) is 0.333. The van der Waals surface area contributed by atoms with E-state index in [-0.39, 0.29) is 28.5 Å². The summed E-state index contributed by atoms with van der Waals surface area (Å²) in [5, 5.41) is 1.81. The Morgan fingerprint density at radius 2 is 2.27 bits per heavy atom. The number of rotatable bonds is 8. The third-order valence-electron chi connectivity index (χ3n) is 2.80. The predicted octanol–water partition coefficient (Wildman–Crippen LogP) is 2.36. The third-order valence-corrected chi connectivity index (χ3v) is 4.93. The zero-order valence-electron chi connectivity index (χ0n) is 12.2. The Labute approximate surface area is 134 Å². The van der Waals surface area contributed by atoms with Crippen molar-refractivity contribution in [1.82, 2.24) is 4.98 Å². The lowest BCUT2D eigenvalue weighted by atomic mass is 10.3. The van der Waals surface area contributed by atoms with E-state index in [0.717, 1.165) is 6.42 Å². The lowest BCUT2D eigenvalue weighted by molar-refractivity contribution is 0.102. The average Bonchev–Trinajstić information content (AvgIpc) is 3.00. The number of hydrogen-bond acceptors (Lipinski definition) is 5. The maximum absolute atomic E-state index is 12.0. The molecular weight excluding hydrogens is 322 g/mol. The van der Waals surface area contributed by atoms with Crippen LogP contribution < -0.4 is 10.2 Å². The highest BCUT2D eigenvalue weighted by Gasteiger charge is 2.13. The Bertz CT molecular complexity index is 707. The van der Waals surface area contributed by atoms with Gasteiger partial charge in [-0.25, -0.2) is 0 Å². The summed E-state index contributed by atoms with van der Waals surface area (Å²) in [5.41, 5.74) is 0.287. The summed E-state index contributed by atoms with van der Waals surface area (Å²) in [6.45, 7) is 2.43. The number of carbonyl (C=O) groups excluding carboxylic acids is 1. The number of H-pyrrole nitrogens is 1. The minimum atomic E-state index is -1.36. The first-order chi connectivity index (χ1) is 10.6. The van der Waals surface area contributed by atoms with E-state index in [1.54, 1.807) is 12.1 Å². The number of nitrogens with one attached hydrogen (secondary N) is 1. The largest absolute Gasteiger partial charge is 0.488 e. The number of carbonyl (C=O) groups is 1. The molecule has 118 valence electrons. The quantitative estimate of drug-likeness (QED) is 0.749. The van der Waals surface area contributed by atoms with E-state index in [1.807, 2.05) is 12.3 Å². The van der Waals surface area contributed by atoms with Crippen LogP contribution in [0.25, 0.3) is 0 Å². The third kappa shape index (κ3) is 4.64. The van der Waals surface area contributed by atoms with Crippen LogP contribution in [-0.2, 0) is 16.6 Å². The van der Waals surface area contributed by atoms with E-state index in [9.17, 15) is 13.8 Å². The lowest BCUT2D eigenvalue weighted by Gasteiger charge is -2.05. The van der Waals surface area contributed by atoms with E-state index in [1.165, 1.54) is 23.6 Å². The first-order valence-electron chi connectivity index (χ1n) is 6.86. The van der Waals surface area contributed by atoms with Gasteiger partial charge in [-0.05, 0) is 17.9 Å². The minimum Gasteiger partial charge on any atom is -0.488 e. The highest BCUT2D eigenvalue weighted by atomic mass is 32.2. The number of Topliss-reactive ketones (excluding diaryl/α,β-unsaturated/α-hetero) is 1. The summed E-state index contributed by atoms with van der Waals surface area (Å²) in [6, 6.07) is 4.87. The highest BCUT2D eigenvalue weighted by molar-refractivity contribution is 7.85. The van der Waals surface area contributed by atoms with Gasteiger partial charge in [0.05, 0.1) is 23.0 Å². The first-order valence-corrected chi connectivity index (χ1v) is 9.23. The van der Waals surface area contributed by atoms with Crippen molar-refractivity contribution in [2.24, 2.45) is 0 Å². The Morgan fingerprint density at radius 1 is 1.45 bits per heavy atom. The molecule has 0 aromatic carbocycles. The Morgan fingerprint density at radius 3 is 2.91 bits per heavy atom. The summed E-state index contributed by atoms with van der Waals surface area (Å²) in [6.07, 6.45) is 2.29. The normalized spacial score (nSPS) is 12.0. The summed E-state index contributed by atoms with van der Waals surface area (Å²) >= 11 is 1.33. The lowest BCUT2D eigenvalue weighted by Crippen LogP contribution is -2.14. The van der Waals surface area contributed by atoms with E-state index >= 15 is 0 Å². The summed E-state index contributed by atoms with van der Waals surface area (Å²) in [5.74, 6) is 0.210. The molecule has 2 rings (SSSR count). The van der Waals surface area contributed by atoms with Crippen LogP contribution in [0.5, 0.6) is 5.75 Å². The smallest absolute Gasteiger partial charge is 0.223 e. The van der Waals surface area contributed by atoms with Crippen molar-refractivity contribution in [3.63, 3.8) is 0 Å². The van der Waals surface area contributed by atoms with Crippen molar-refractivity contribution in [2.75, 3.05) is 12.4 Å². The monoisotopic (exact) mass is 339 g/mol. The van der Waals surface area contributed by atoms with Crippen LogP contribution >= 0.6 is 11.3 Å². The van der Waals surface area contributed by atoms with Crippen molar-refractivity contribution >= 4 is 27.9 Å². The standard InChI is InChI=1S/C15H17NO4S2/c1-2-5-20-14-8-16-11(7-12(14)17)9-22(19)10-13(18)15-4-3-6-21-15/h3-4,6-8H,2,5,9-10H2,1H3,(H,16,17). The van der Waals surface area contributed by atoms with E-state index in [4.69, 9.17) is 4.74 Å². The molecule has 2 aromatic heterocycles. The van der Waals surface area contributed by atoms with Crippen LogP contribution in [0.15, 0.2) is 34.6 Å². The van der Waals surface area contributed by atoms with Crippen LogP contribution in [0, 0.1) is 0 Å². The molecule has 2 aromatic rings. The van der Waals surface area contributed by atoms with Gasteiger partial charge in [-0.2, -0.15) is 0 Å². The Kier molecular flexibility index (Phi) is 6.09.